The summed E-state index contributed by atoms with van der Waals surface area (Å²) in [6.07, 6.45) is 0.499. The molecule has 0 saturated heterocycles. The molecule has 0 radical (unpaired) electrons. The molecule has 6 heteroatoms. The lowest BCUT2D eigenvalue weighted by Crippen LogP contribution is -2.40. The first kappa shape index (κ1) is 17.9. The second-order valence-corrected chi connectivity index (χ2v) is 7.54. The van der Waals surface area contributed by atoms with Gasteiger partial charge in [0.15, 0.2) is 0 Å². The lowest BCUT2D eigenvalue weighted by molar-refractivity contribution is 0.0613. The van der Waals surface area contributed by atoms with E-state index in [9.17, 15) is 13.5 Å². The molecule has 0 aliphatic heterocycles. The van der Waals surface area contributed by atoms with Crippen LogP contribution in [0.5, 0.6) is 5.75 Å². The third kappa shape index (κ3) is 5.30. The Kier molecular flexibility index (Phi) is 5.78. The van der Waals surface area contributed by atoms with Crippen LogP contribution in [0.4, 0.5) is 0 Å². The predicted octanol–water partition coefficient (Wildman–Crippen LogP) is 2.22. The molecular formula is C15H25NO4S. The summed E-state index contributed by atoms with van der Waals surface area (Å²) in [5.74, 6) is 0.671. The summed E-state index contributed by atoms with van der Waals surface area (Å²) in [5.41, 5.74) is -0.295. The zero-order valence-electron chi connectivity index (χ0n) is 13.3. The highest BCUT2D eigenvalue weighted by molar-refractivity contribution is 7.89. The molecular weight excluding hydrogens is 290 g/mol. The summed E-state index contributed by atoms with van der Waals surface area (Å²) >= 11 is 0. The quantitative estimate of drug-likeness (QED) is 0.809. The number of benzene rings is 1. The van der Waals surface area contributed by atoms with Gasteiger partial charge in [-0.2, -0.15) is 0 Å². The highest BCUT2D eigenvalue weighted by Gasteiger charge is 2.22. The molecule has 0 heterocycles. The summed E-state index contributed by atoms with van der Waals surface area (Å²) in [5, 5.41) is 9.88. The van der Waals surface area contributed by atoms with Crippen molar-refractivity contribution in [2.24, 2.45) is 0 Å². The van der Waals surface area contributed by atoms with Crippen LogP contribution >= 0.6 is 0 Å². The third-order valence-corrected chi connectivity index (χ3v) is 4.62. The molecule has 1 aromatic carbocycles. The molecule has 0 aromatic heterocycles. The van der Waals surface area contributed by atoms with Crippen LogP contribution in [0, 0.1) is 6.92 Å². The Morgan fingerprint density at radius 1 is 1.38 bits per heavy atom. The Morgan fingerprint density at radius 2 is 2.00 bits per heavy atom. The minimum atomic E-state index is -3.64. The second-order valence-electron chi connectivity index (χ2n) is 5.77. The van der Waals surface area contributed by atoms with Gasteiger partial charge in [-0.05, 0) is 57.9 Å². The Hall–Kier alpha value is -1.11. The zero-order valence-corrected chi connectivity index (χ0v) is 14.1. The molecule has 1 aromatic rings. The van der Waals surface area contributed by atoms with Crippen LogP contribution in [0.15, 0.2) is 23.1 Å². The minimum absolute atomic E-state index is 0.0187. The molecule has 0 fully saturated rings. The fraction of sp³-hybridized carbons (Fsp3) is 0.600. The van der Waals surface area contributed by atoms with E-state index in [1.807, 2.05) is 13.8 Å². The topological polar surface area (TPSA) is 75.6 Å². The first-order valence-electron chi connectivity index (χ1n) is 7.07. The molecule has 21 heavy (non-hydrogen) atoms. The van der Waals surface area contributed by atoms with Crippen LogP contribution in [-0.4, -0.2) is 31.8 Å². The number of hydrogen-bond acceptors (Lipinski definition) is 4. The summed E-state index contributed by atoms with van der Waals surface area (Å²) < 4.78 is 32.5. The Morgan fingerprint density at radius 3 is 2.48 bits per heavy atom. The van der Waals surface area contributed by atoms with Crippen molar-refractivity contribution in [3.05, 3.63) is 23.8 Å². The van der Waals surface area contributed by atoms with Gasteiger partial charge in [0.25, 0.3) is 0 Å². The van der Waals surface area contributed by atoms with Crippen LogP contribution in [0.3, 0.4) is 0 Å². The van der Waals surface area contributed by atoms with Crippen molar-refractivity contribution in [1.29, 1.82) is 0 Å². The number of hydrogen-bond donors (Lipinski definition) is 2. The summed E-state index contributed by atoms with van der Waals surface area (Å²) in [7, 11) is -3.64. The van der Waals surface area contributed by atoms with Crippen molar-refractivity contribution in [3.63, 3.8) is 0 Å². The average Bonchev–Trinajstić information content (AvgIpc) is 2.38. The van der Waals surface area contributed by atoms with Crippen LogP contribution in [0.25, 0.3) is 0 Å². The SMILES string of the molecule is CCC(C)(O)CNS(=O)(=O)c1ccc(OC(C)C)c(C)c1. The van der Waals surface area contributed by atoms with Crippen molar-refractivity contribution in [1.82, 2.24) is 4.72 Å². The average molecular weight is 315 g/mol. The normalized spacial score (nSPS) is 15.0. The number of ether oxygens (including phenoxy) is 1. The van der Waals surface area contributed by atoms with E-state index in [1.54, 1.807) is 32.9 Å². The number of aliphatic hydroxyl groups is 1. The molecule has 5 nitrogen and oxygen atoms in total. The van der Waals surface area contributed by atoms with Crippen molar-refractivity contribution < 1.29 is 18.3 Å². The van der Waals surface area contributed by atoms with E-state index < -0.39 is 15.6 Å². The maximum absolute atomic E-state index is 12.2. The second kappa shape index (κ2) is 6.77. The molecule has 1 rings (SSSR count). The predicted molar refractivity (Wildman–Crippen MR) is 83.0 cm³/mol. The lowest BCUT2D eigenvalue weighted by Gasteiger charge is -2.21. The smallest absolute Gasteiger partial charge is 0.240 e. The zero-order chi connectivity index (χ0) is 16.3. The van der Waals surface area contributed by atoms with E-state index in [0.717, 1.165) is 5.56 Å². The first-order valence-corrected chi connectivity index (χ1v) is 8.55. The van der Waals surface area contributed by atoms with Crippen LogP contribution in [0.1, 0.15) is 39.7 Å². The van der Waals surface area contributed by atoms with E-state index in [2.05, 4.69) is 4.72 Å². The Bertz CT molecular complexity index is 579. The number of aryl methyl sites for hydroxylation is 1. The first-order chi connectivity index (χ1) is 9.57. The summed E-state index contributed by atoms with van der Waals surface area (Å²) in [4.78, 5) is 0.169. The van der Waals surface area contributed by atoms with E-state index in [-0.39, 0.29) is 17.5 Å². The highest BCUT2D eigenvalue weighted by Crippen LogP contribution is 2.23. The molecule has 120 valence electrons. The highest BCUT2D eigenvalue weighted by atomic mass is 32.2. The van der Waals surface area contributed by atoms with Crippen molar-refractivity contribution in [2.75, 3.05) is 6.54 Å². The molecule has 0 bridgehead atoms. The van der Waals surface area contributed by atoms with Gasteiger partial charge in [-0.3, -0.25) is 0 Å². The van der Waals surface area contributed by atoms with Gasteiger partial charge in [-0.15, -0.1) is 0 Å². The van der Waals surface area contributed by atoms with Gasteiger partial charge in [0.1, 0.15) is 5.75 Å². The fourth-order valence-electron chi connectivity index (χ4n) is 1.63. The van der Waals surface area contributed by atoms with Gasteiger partial charge in [0.05, 0.1) is 16.6 Å². The molecule has 1 atom stereocenters. The van der Waals surface area contributed by atoms with Crippen LogP contribution in [0.2, 0.25) is 0 Å². The van der Waals surface area contributed by atoms with Gasteiger partial charge < -0.3 is 9.84 Å². The molecule has 2 N–H and O–H groups in total. The maximum atomic E-state index is 12.2. The lowest BCUT2D eigenvalue weighted by atomic mass is 10.1. The molecule has 0 aliphatic carbocycles. The van der Waals surface area contributed by atoms with Gasteiger partial charge in [-0.25, -0.2) is 13.1 Å². The van der Waals surface area contributed by atoms with Gasteiger partial charge in [0.2, 0.25) is 10.0 Å². The molecule has 0 aliphatic rings. The van der Waals surface area contributed by atoms with Crippen molar-refractivity contribution in [2.45, 2.75) is 57.6 Å². The van der Waals surface area contributed by atoms with Crippen LogP contribution in [-0.2, 0) is 10.0 Å². The maximum Gasteiger partial charge on any atom is 0.240 e. The number of sulfonamides is 1. The fourth-order valence-corrected chi connectivity index (χ4v) is 2.88. The van der Waals surface area contributed by atoms with E-state index in [1.165, 1.54) is 6.07 Å². The van der Waals surface area contributed by atoms with Crippen molar-refractivity contribution >= 4 is 10.0 Å². The minimum Gasteiger partial charge on any atom is -0.491 e. The largest absolute Gasteiger partial charge is 0.491 e. The Balaban J connectivity index is 2.92. The van der Waals surface area contributed by atoms with E-state index in [0.29, 0.717) is 12.2 Å². The van der Waals surface area contributed by atoms with E-state index in [4.69, 9.17) is 4.74 Å². The standard InChI is InChI=1S/C15H25NO4S/c1-6-15(5,17)10-16-21(18,19)13-7-8-14(12(4)9-13)20-11(2)3/h7-9,11,16-17H,6,10H2,1-5H3. The van der Waals surface area contributed by atoms with Crippen LogP contribution < -0.4 is 9.46 Å². The monoisotopic (exact) mass is 315 g/mol. The molecule has 0 saturated carbocycles. The Labute approximate surface area is 127 Å². The van der Waals surface area contributed by atoms with Gasteiger partial charge >= 0.3 is 0 Å². The molecule has 0 spiro atoms. The summed E-state index contributed by atoms with van der Waals surface area (Å²) in [6, 6.07) is 4.73. The number of nitrogens with one attached hydrogen (secondary N) is 1. The van der Waals surface area contributed by atoms with Gasteiger partial charge in [-0.1, -0.05) is 6.92 Å². The number of rotatable bonds is 7. The molecule has 0 amide bonds. The van der Waals surface area contributed by atoms with Crippen molar-refractivity contribution in [3.8, 4) is 5.75 Å². The third-order valence-electron chi connectivity index (χ3n) is 3.22. The summed E-state index contributed by atoms with van der Waals surface area (Å²) in [6.45, 7) is 9.02. The van der Waals surface area contributed by atoms with E-state index >= 15 is 0 Å². The molecule has 1 unspecified atom stereocenters. The van der Waals surface area contributed by atoms with Gasteiger partial charge in [0, 0.05) is 6.54 Å².